The van der Waals surface area contributed by atoms with E-state index in [1.165, 1.54) is 11.3 Å². The van der Waals surface area contributed by atoms with E-state index in [1.54, 1.807) is 0 Å². The molecule has 1 N–H and O–H groups in total. The Balaban J connectivity index is 1.88. The first kappa shape index (κ1) is 17.2. The maximum Gasteiger partial charge on any atom is 0.119 e. The van der Waals surface area contributed by atoms with Gasteiger partial charge in [-0.15, -0.1) is 0 Å². The molecular formula is C20H28N2O. The largest absolute Gasteiger partial charge is 0.494 e. The maximum atomic E-state index is 5.60. The molecule has 0 bridgehead atoms. The van der Waals surface area contributed by atoms with Crippen molar-refractivity contribution >= 4 is 11.4 Å². The number of nitrogens with one attached hydrogen (secondary N) is 1. The molecule has 124 valence electrons. The first-order valence-corrected chi connectivity index (χ1v) is 8.57. The Morgan fingerprint density at radius 2 is 1.52 bits per heavy atom. The van der Waals surface area contributed by atoms with Gasteiger partial charge in [0.2, 0.25) is 0 Å². The van der Waals surface area contributed by atoms with Crippen LogP contribution in [0.4, 0.5) is 11.4 Å². The number of nitrogens with zero attached hydrogens (tertiary/aromatic N) is 1. The van der Waals surface area contributed by atoms with Gasteiger partial charge in [0.25, 0.3) is 0 Å². The summed E-state index contributed by atoms with van der Waals surface area (Å²) in [7, 11) is 0. The van der Waals surface area contributed by atoms with Gasteiger partial charge in [0.05, 0.1) is 6.61 Å². The average molecular weight is 312 g/mol. The van der Waals surface area contributed by atoms with Crippen molar-refractivity contribution in [2.24, 2.45) is 0 Å². The van der Waals surface area contributed by atoms with E-state index in [2.05, 4.69) is 67.4 Å². The summed E-state index contributed by atoms with van der Waals surface area (Å²) in [6, 6.07) is 16.9. The Kier molecular flexibility index (Phi) is 6.79. The van der Waals surface area contributed by atoms with Crippen molar-refractivity contribution in [1.29, 1.82) is 0 Å². The average Bonchev–Trinajstić information content (AvgIpc) is 2.61. The molecule has 0 atom stereocenters. The Hall–Kier alpha value is -2.16. The minimum atomic E-state index is 0.774. The molecule has 0 heterocycles. The van der Waals surface area contributed by atoms with Crippen molar-refractivity contribution < 1.29 is 4.74 Å². The topological polar surface area (TPSA) is 24.5 Å². The first-order valence-electron chi connectivity index (χ1n) is 8.57. The van der Waals surface area contributed by atoms with E-state index >= 15 is 0 Å². The fourth-order valence-corrected chi connectivity index (χ4v) is 2.51. The lowest BCUT2D eigenvalue weighted by Crippen LogP contribution is -2.21. The quantitative estimate of drug-likeness (QED) is 0.710. The zero-order chi connectivity index (χ0) is 16.5. The molecule has 0 aliphatic rings. The molecule has 2 aromatic carbocycles. The van der Waals surface area contributed by atoms with E-state index in [1.807, 2.05) is 12.1 Å². The van der Waals surface area contributed by atoms with Gasteiger partial charge in [-0.1, -0.05) is 19.1 Å². The minimum Gasteiger partial charge on any atom is -0.494 e. The summed E-state index contributed by atoms with van der Waals surface area (Å²) in [5.74, 6) is 0.944. The first-order chi connectivity index (χ1) is 11.3. The zero-order valence-electron chi connectivity index (χ0n) is 14.5. The van der Waals surface area contributed by atoms with E-state index in [4.69, 9.17) is 4.74 Å². The van der Waals surface area contributed by atoms with Crippen LogP contribution < -0.4 is 15.0 Å². The lowest BCUT2D eigenvalue weighted by molar-refractivity contribution is 0.317. The van der Waals surface area contributed by atoms with Gasteiger partial charge in [-0.05, 0) is 62.2 Å². The van der Waals surface area contributed by atoms with Crippen molar-refractivity contribution in [1.82, 2.24) is 0 Å². The Morgan fingerprint density at radius 1 is 0.870 bits per heavy atom. The van der Waals surface area contributed by atoms with Crippen LogP contribution in [0.3, 0.4) is 0 Å². The van der Waals surface area contributed by atoms with Crippen LogP contribution in [-0.2, 0) is 6.54 Å². The number of rotatable bonds is 9. The molecule has 0 saturated heterocycles. The lowest BCUT2D eigenvalue weighted by atomic mass is 10.2. The molecule has 2 aromatic rings. The molecule has 2 rings (SSSR count). The second-order valence-electron chi connectivity index (χ2n) is 5.57. The molecule has 0 amide bonds. The van der Waals surface area contributed by atoms with E-state index < -0.39 is 0 Å². The number of hydrogen-bond acceptors (Lipinski definition) is 3. The molecule has 0 aromatic heterocycles. The number of benzene rings is 2. The molecule has 0 saturated carbocycles. The highest BCUT2D eigenvalue weighted by Crippen LogP contribution is 2.19. The minimum absolute atomic E-state index is 0.774. The van der Waals surface area contributed by atoms with Gasteiger partial charge in [0.15, 0.2) is 0 Å². The van der Waals surface area contributed by atoms with Crippen molar-refractivity contribution in [3.05, 3.63) is 54.1 Å². The molecule has 0 spiro atoms. The predicted molar refractivity (Wildman–Crippen MR) is 99.6 cm³/mol. The van der Waals surface area contributed by atoms with Gasteiger partial charge < -0.3 is 15.0 Å². The van der Waals surface area contributed by atoms with Crippen molar-refractivity contribution in [2.75, 3.05) is 29.9 Å². The van der Waals surface area contributed by atoms with Crippen molar-refractivity contribution in [2.45, 2.75) is 33.7 Å². The summed E-state index contributed by atoms with van der Waals surface area (Å²) >= 11 is 0. The molecule has 0 radical (unpaired) electrons. The van der Waals surface area contributed by atoms with Crippen LogP contribution in [-0.4, -0.2) is 19.7 Å². The zero-order valence-corrected chi connectivity index (χ0v) is 14.5. The van der Waals surface area contributed by atoms with Gasteiger partial charge in [0.1, 0.15) is 5.75 Å². The van der Waals surface area contributed by atoms with Crippen LogP contribution in [0, 0.1) is 0 Å². The van der Waals surface area contributed by atoms with Gasteiger partial charge in [0, 0.05) is 31.0 Å². The summed E-state index contributed by atoms with van der Waals surface area (Å²) < 4.78 is 5.60. The van der Waals surface area contributed by atoms with Crippen LogP contribution in [0.15, 0.2) is 48.5 Å². The third kappa shape index (κ3) is 5.20. The van der Waals surface area contributed by atoms with Crippen LogP contribution in [0.1, 0.15) is 32.8 Å². The standard InChI is InChI=1S/C20H28N2O/c1-4-15-23-20-13-7-17(8-14-20)16-21-18-9-11-19(12-10-18)22(5-2)6-3/h7-14,21H,4-6,15-16H2,1-3H3. The fourth-order valence-electron chi connectivity index (χ4n) is 2.51. The third-order valence-corrected chi connectivity index (χ3v) is 3.89. The highest BCUT2D eigenvalue weighted by molar-refractivity contribution is 5.55. The molecule has 0 fully saturated rings. The molecular weight excluding hydrogens is 284 g/mol. The highest BCUT2D eigenvalue weighted by atomic mass is 16.5. The summed E-state index contributed by atoms with van der Waals surface area (Å²) in [6.07, 6.45) is 1.03. The Bertz CT molecular complexity index is 559. The second kappa shape index (κ2) is 9.09. The van der Waals surface area contributed by atoms with Crippen LogP contribution >= 0.6 is 0 Å². The van der Waals surface area contributed by atoms with E-state index in [9.17, 15) is 0 Å². The van der Waals surface area contributed by atoms with Gasteiger partial charge in [-0.2, -0.15) is 0 Å². The summed E-state index contributed by atoms with van der Waals surface area (Å²) in [4.78, 5) is 2.35. The highest BCUT2D eigenvalue weighted by Gasteiger charge is 2.01. The molecule has 23 heavy (non-hydrogen) atoms. The van der Waals surface area contributed by atoms with E-state index in [-0.39, 0.29) is 0 Å². The van der Waals surface area contributed by atoms with E-state index in [0.717, 1.165) is 44.1 Å². The van der Waals surface area contributed by atoms with E-state index in [0.29, 0.717) is 0 Å². The third-order valence-electron chi connectivity index (χ3n) is 3.89. The fraction of sp³-hybridized carbons (Fsp3) is 0.400. The Morgan fingerprint density at radius 3 is 2.09 bits per heavy atom. The van der Waals surface area contributed by atoms with Gasteiger partial charge in [-0.25, -0.2) is 0 Å². The summed E-state index contributed by atoms with van der Waals surface area (Å²) in [6.45, 7) is 10.2. The molecule has 3 nitrogen and oxygen atoms in total. The SMILES string of the molecule is CCCOc1ccc(CNc2ccc(N(CC)CC)cc2)cc1. The molecule has 0 aliphatic carbocycles. The summed E-state index contributed by atoms with van der Waals surface area (Å²) in [5, 5.41) is 3.47. The smallest absolute Gasteiger partial charge is 0.119 e. The maximum absolute atomic E-state index is 5.60. The van der Waals surface area contributed by atoms with Crippen LogP contribution in [0.5, 0.6) is 5.75 Å². The predicted octanol–water partition coefficient (Wildman–Crippen LogP) is 4.93. The number of anilines is 2. The molecule has 0 unspecified atom stereocenters. The second-order valence-corrected chi connectivity index (χ2v) is 5.57. The van der Waals surface area contributed by atoms with Crippen LogP contribution in [0.2, 0.25) is 0 Å². The van der Waals surface area contributed by atoms with Crippen molar-refractivity contribution in [3.8, 4) is 5.75 Å². The monoisotopic (exact) mass is 312 g/mol. The van der Waals surface area contributed by atoms with Gasteiger partial charge in [-0.3, -0.25) is 0 Å². The van der Waals surface area contributed by atoms with Crippen LogP contribution in [0.25, 0.3) is 0 Å². The van der Waals surface area contributed by atoms with Gasteiger partial charge >= 0.3 is 0 Å². The number of hydrogen-bond donors (Lipinski definition) is 1. The number of ether oxygens (including phenoxy) is 1. The van der Waals surface area contributed by atoms with Crippen molar-refractivity contribution in [3.63, 3.8) is 0 Å². The molecule has 3 heteroatoms. The molecule has 0 aliphatic heterocycles. The Labute approximate surface area is 140 Å². The lowest BCUT2D eigenvalue weighted by Gasteiger charge is -2.21. The summed E-state index contributed by atoms with van der Waals surface area (Å²) in [5.41, 5.74) is 3.67. The normalized spacial score (nSPS) is 10.4.